The highest BCUT2D eigenvalue weighted by Crippen LogP contribution is 2.27. The molecular formula is C15H22N2O. The molecule has 0 fully saturated rings. The van der Waals surface area contributed by atoms with Gasteiger partial charge in [-0.1, -0.05) is 39.0 Å². The van der Waals surface area contributed by atoms with Gasteiger partial charge in [0.15, 0.2) is 0 Å². The van der Waals surface area contributed by atoms with Crippen LogP contribution in [0.2, 0.25) is 0 Å². The van der Waals surface area contributed by atoms with Crippen molar-refractivity contribution < 1.29 is 4.79 Å². The number of benzene rings is 1. The number of amides is 1. The standard InChI is InChI=1S/C15H22N2O/c1-4-14(16)11-5-6-12-8-17(9-13(12)7-11)15(18)10(2)3/h5-7,10,14H,4,8-9,16H2,1-3H3. The fraction of sp³-hybridized carbons (Fsp3) is 0.533. The van der Waals surface area contributed by atoms with Gasteiger partial charge in [-0.2, -0.15) is 0 Å². The third-order valence-corrected chi connectivity index (χ3v) is 3.63. The Morgan fingerprint density at radius 3 is 2.61 bits per heavy atom. The average molecular weight is 246 g/mol. The van der Waals surface area contributed by atoms with Crippen LogP contribution in [0, 0.1) is 5.92 Å². The zero-order valence-electron chi connectivity index (χ0n) is 11.4. The number of fused-ring (bicyclic) bond motifs is 1. The largest absolute Gasteiger partial charge is 0.334 e. The van der Waals surface area contributed by atoms with Crippen molar-refractivity contribution in [3.05, 3.63) is 34.9 Å². The first-order valence-corrected chi connectivity index (χ1v) is 6.69. The summed E-state index contributed by atoms with van der Waals surface area (Å²) in [5, 5.41) is 0. The SMILES string of the molecule is CCC(N)c1ccc2c(c1)CN(C(=O)C(C)C)C2. The zero-order chi connectivity index (χ0) is 13.3. The lowest BCUT2D eigenvalue weighted by molar-refractivity contribution is -0.135. The maximum atomic E-state index is 12.0. The van der Waals surface area contributed by atoms with Crippen LogP contribution in [0.1, 0.15) is 49.9 Å². The first kappa shape index (κ1) is 13.1. The summed E-state index contributed by atoms with van der Waals surface area (Å²) >= 11 is 0. The van der Waals surface area contributed by atoms with E-state index in [0.717, 1.165) is 19.5 Å². The van der Waals surface area contributed by atoms with Gasteiger partial charge in [0.2, 0.25) is 5.91 Å². The van der Waals surface area contributed by atoms with E-state index in [-0.39, 0.29) is 17.9 Å². The second-order valence-corrected chi connectivity index (χ2v) is 5.39. The third kappa shape index (κ3) is 2.41. The lowest BCUT2D eigenvalue weighted by Crippen LogP contribution is -2.29. The molecule has 18 heavy (non-hydrogen) atoms. The van der Waals surface area contributed by atoms with Crippen molar-refractivity contribution in [2.45, 2.75) is 46.3 Å². The normalized spacial score (nSPS) is 15.9. The monoisotopic (exact) mass is 246 g/mol. The Morgan fingerprint density at radius 1 is 1.33 bits per heavy atom. The molecule has 1 amide bonds. The average Bonchev–Trinajstić information content (AvgIpc) is 2.79. The van der Waals surface area contributed by atoms with E-state index in [1.54, 1.807) is 0 Å². The molecule has 1 heterocycles. The molecular weight excluding hydrogens is 224 g/mol. The molecule has 0 aromatic heterocycles. The summed E-state index contributed by atoms with van der Waals surface area (Å²) in [6, 6.07) is 6.48. The number of nitrogens with two attached hydrogens (primary N) is 1. The van der Waals surface area contributed by atoms with E-state index in [2.05, 4.69) is 25.1 Å². The van der Waals surface area contributed by atoms with Gasteiger partial charge in [-0.15, -0.1) is 0 Å². The van der Waals surface area contributed by atoms with Gasteiger partial charge in [0.1, 0.15) is 0 Å². The van der Waals surface area contributed by atoms with Crippen molar-refractivity contribution in [1.82, 2.24) is 4.90 Å². The summed E-state index contributed by atoms with van der Waals surface area (Å²) in [6.45, 7) is 7.46. The van der Waals surface area contributed by atoms with Crippen LogP contribution in [0.3, 0.4) is 0 Å². The Kier molecular flexibility index (Phi) is 3.71. The smallest absolute Gasteiger partial charge is 0.225 e. The molecule has 0 bridgehead atoms. The number of carbonyl (C=O) groups is 1. The minimum absolute atomic E-state index is 0.0664. The van der Waals surface area contributed by atoms with Crippen molar-refractivity contribution in [3.8, 4) is 0 Å². The first-order chi connectivity index (χ1) is 8.52. The van der Waals surface area contributed by atoms with Crippen molar-refractivity contribution in [2.75, 3.05) is 0 Å². The maximum absolute atomic E-state index is 12.0. The molecule has 0 radical (unpaired) electrons. The van der Waals surface area contributed by atoms with E-state index < -0.39 is 0 Å². The minimum Gasteiger partial charge on any atom is -0.334 e. The quantitative estimate of drug-likeness (QED) is 0.891. The molecule has 1 atom stereocenters. The van der Waals surface area contributed by atoms with Crippen LogP contribution < -0.4 is 5.73 Å². The molecule has 3 nitrogen and oxygen atoms in total. The predicted molar refractivity (Wildman–Crippen MR) is 72.8 cm³/mol. The second kappa shape index (κ2) is 5.11. The summed E-state index contributed by atoms with van der Waals surface area (Å²) in [5.74, 6) is 0.296. The van der Waals surface area contributed by atoms with Crippen LogP contribution in [0.15, 0.2) is 18.2 Å². The van der Waals surface area contributed by atoms with Crippen LogP contribution in [0.4, 0.5) is 0 Å². The van der Waals surface area contributed by atoms with Gasteiger partial charge in [0, 0.05) is 25.0 Å². The lowest BCUT2D eigenvalue weighted by atomic mass is 10.0. The summed E-state index contributed by atoms with van der Waals surface area (Å²) < 4.78 is 0. The molecule has 1 aromatic rings. The van der Waals surface area contributed by atoms with Crippen LogP contribution in [0.5, 0.6) is 0 Å². The maximum Gasteiger partial charge on any atom is 0.225 e. The Labute approximate surface area is 109 Å². The lowest BCUT2D eigenvalue weighted by Gasteiger charge is -2.17. The number of nitrogens with zero attached hydrogens (tertiary/aromatic N) is 1. The molecule has 2 rings (SSSR count). The van der Waals surface area contributed by atoms with Crippen molar-refractivity contribution >= 4 is 5.91 Å². The molecule has 1 unspecified atom stereocenters. The highest BCUT2D eigenvalue weighted by molar-refractivity contribution is 5.78. The van der Waals surface area contributed by atoms with E-state index in [1.807, 2.05) is 18.7 Å². The highest BCUT2D eigenvalue weighted by atomic mass is 16.2. The van der Waals surface area contributed by atoms with Gasteiger partial charge in [-0.05, 0) is 23.1 Å². The Bertz CT molecular complexity index is 454. The van der Waals surface area contributed by atoms with E-state index in [1.165, 1.54) is 16.7 Å². The summed E-state index contributed by atoms with van der Waals surface area (Å²) in [4.78, 5) is 13.9. The predicted octanol–water partition coefficient (Wildman–Crippen LogP) is 2.59. The van der Waals surface area contributed by atoms with E-state index in [9.17, 15) is 4.79 Å². The van der Waals surface area contributed by atoms with Crippen LogP contribution in [0.25, 0.3) is 0 Å². The fourth-order valence-corrected chi connectivity index (χ4v) is 2.40. The summed E-state index contributed by atoms with van der Waals surface area (Å²) in [5.41, 5.74) is 9.74. The number of hydrogen-bond acceptors (Lipinski definition) is 2. The van der Waals surface area contributed by atoms with Gasteiger partial charge in [0.25, 0.3) is 0 Å². The Hall–Kier alpha value is -1.35. The number of rotatable bonds is 3. The third-order valence-electron chi connectivity index (χ3n) is 3.63. The number of carbonyl (C=O) groups excluding carboxylic acids is 1. The molecule has 0 saturated heterocycles. The van der Waals surface area contributed by atoms with E-state index >= 15 is 0 Å². The topological polar surface area (TPSA) is 46.3 Å². The number of hydrogen-bond donors (Lipinski definition) is 1. The van der Waals surface area contributed by atoms with Crippen LogP contribution >= 0.6 is 0 Å². The molecule has 0 spiro atoms. The molecule has 0 saturated carbocycles. The summed E-state index contributed by atoms with van der Waals surface area (Å²) in [7, 11) is 0. The highest BCUT2D eigenvalue weighted by Gasteiger charge is 2.25. The Morgan fingerprint density at radius 2 is 2.00 bits per heavy atom. The molecule has 1 aliphatic heterocycles. The molecule has 98 valence electrons. The van der Waals surface area contributed by atoms with Gasteiger partial charge in [-0.25, -0.2) is 0 Å². The van der Waals surface area contributed by atoms with Crippen molar-refractivity contribution in [3.63, 3.8) is 0 Å². The zero-order valence-corrected chi connectivity index (χ0v) is 11.4. The molecule has 2 N–H and O–H groups in total. The van der Waals surface area contributed by atoms with Gasteiger partial charge < -0.3 is 10.6 Å². The molecule has 1 aliphatic rings. The molecule has 3 heteroatoms. The minimum atomic E-state index is 0.0664. The first-order valence-electron chi connectivity index (χ1n) is 6.69. The van der Waals surface area contributed by atoms with E-state index in [4.69, 9.17) is 5.73 Å². The van der Waals surface area contributed by atoms with Gasteiger partial charge in [-0.3, -0.25) is 4.79 Å². The van der Waals surface area contributed by atoms with Crippen LogP contribution in [-0.2, 0) is 17.9 Å². The summed E-state index contributed by atoms with van der Waals surface area (Å²) in [6.07, 6.45) is 0.938. The van der Waals surface area contributed by atoms with Crippen LogP contribution in [-0.4, -0.2) is 10.8 Å². The molecule has 1 aromatic carbocycles. The fourth-order valence-electron chi connectivity index (χ4n) is 2.40. The Balaban J connectivity index is 2.18. The van der Waals surface area contributed by atoms with Gasteiger partial charge >= 0.3 is 0 Å². The van der Waals surface area contributed by atoms with E-state index in [0.29, 0.717) is 0 Å². The second-order valence-electron chi connectivity index (χ2n) is 5.39. The van der Waals surface area contributed by atoms with Gasteiger partial charge in [0.05, 0.1) is 0 Å². The van der Waals surface area contributed by atoms with Crippen molar-refractivity contribution in [1.29, 1.82) is 0 Å². The molecule has 0 aliphatic carbocycles. The van der Waals surface area contributed by atoms with Crippen molar-refractivity contribution in [2.24, 2.45) is 11.7 Å².